The van der Waals surface area contributed by atoms with Gasteiger partial charge in [0.15, 0.2) is 0 Å². The van der Waals surface area contributed by atoms with E-state index >= 15 is 0 Å². The van der Waals surface area contributed by atoms with E-state index < -0.39 is 0 Å². The summed E-state index contributed by atoms with van der Waals surface area (Å²) in [5.74, 6) is 0.783. The Morgan fingerprint density at radius 2 is 1.69 bits per heavy atom. The number of hydrogen-bond acceptors (Lipinski definition) is 5. The Hall–Kier alpha value is -3.74. The quantitative estimate of drug-likeness (QED) is 0.212. The molecule has 0 aliphatic carbocycles. The van der Waals surface area contributed by atoms with Crippen molar-refractivity contribution < 1.29 is 9.15 Å². The van der Waals surface area contributed by atoms with Crippen LogP contribution in [0.25, 0.3) is 43.6 Å². The number of nitrogens with zero attached hydrogens (tertiary/aromatic N) is 2. The highest BCUT2D eigenvalue weighted by Crippen LogP contribution is 2.32. The first-order chi connectivity index (χ1) is 17.2. The van der Waals surface area contributed by atoms with Gasteiger partial charge in [-0.3, -0.25) is 0 Å². The fraction of sp³-hybridized carbons (Fsp3) is 0.0345. The van der Waals surface area contributed by atoms with Crippen molar-refractivity contribution >= 4 is 54.7 Å². The van der Waals surface area contributed by atoms with Crippen LogP contribution in [-0.2, 0) is 0 Å². The highest BCUT2D eigenvalue weighted by atomic mass is 79.9. The van der Waals surface area contributed by atoms with E-state index in [1.807, 2.05) is 54.6 Å². The average molecular weight is 539 g/mol. The van der Waals surface area contributed by atoms with Gasteiger partial charge in [0.05, 0.1) is 24.1 Å². The number of hydrogen-bond donors (Lipinski definition) is 0. The van der Waals surface area contributed by atoms with Crippen LogP contribution in [0, 0.1) is 0 Å². The van der Waals surface area contributed by atoms with Gasteiger partial charge in [0, 0.05) is 20.8 Å². The molecule has 6 heteroatoms. The molecule has 0 N–H and O–H groups in total. The zero-order chi connectivity index (χ0) is 23.8. The minimum absolute atomic E-state index is 0.523. The lowest BCUT2D eigenvalue weighted by atomic mass is 10.0. The van der Waals surface area contributed by atoms with Gasteiger partial charge in [0.2, 0.25) is 5.55 Å². The van der Waals surface area contributed by atoms with Crippen molar-refractivity contribution in [3.05, 3.63) is 106 Å². The van der Waals surface area contributed by atoms with Gasteiger partial charge >= 0.3 is 0 Å². The van der Waals surface area contributed by atoms with Gasteiger partial charge in [-0.2, -0.15) is 0 Å². The minimum Gasteiger partial charge on any atom is -0.497 e. The summed E-state index contributed by atoms with van der Waals surface area (Å²) in [6.07, 6.45) is 0. The van der Waals surface area contributed by atoms with Gasteiger partial charge in [-0.05, 0) is 59.3 Å². The second-order valence-corrected chi connectivity index (χ2v) is 9.79. The van der Waals surface area contributed by atoms with E-state index in [9.17, 15) is 0 Å². The van der Waals surface area contributed by atoms with Crippen molar-refractivity contribution in [1.82, 2.24) is 4.98 Å². The maximum Gasteiger partial charge on any atom is 0.230 e. The minimum atomic E-state index is 0.523. The molecule has 35 heavy (non-hydrogen) atoms. The molecule has 0 aliphatic heterocycles. The number of rotatable bonds is 4. The molecule has 4 aromatic carbocycles. The molecule has 2 aromatic heterocycles. The highest BCUT2D eigenvalue weighted by molar-refractivity contribution is 9.10. The van der Waals surface area contributed by atoms with E-state index in [-0.39, 0.29) is 0 Å². The number of ether oxygens (including phenoxy) is 1. The van der Waals surface area contributed by atoms with E-state index in [2.05, 4.69) is 57.7 Å². The summed E-state index contributed by atoms with van der Waals surface area (Å²) >= 11 is 5.09. The summed E-state index contributed by atoms with van der Waals surface area (Å²) in [4.78, 5) is 9.82. The van der Waals surface area contributed by atoms with Gasteiger partial charge in [0.1, 0.15) is 16.3 Å². The average Bonchev–Trinajstić information content (AvgIpc) is 3.39. The first-order valence-electron chi connectivity index (χ1n) is 11.0. The topological polar surface area (TPSA) is 47.6 Å². The van der Waals surface area contributed by atoms with Crippen molar-refractivity contribution in [2.24, 2.45) is 4.99 Å². The van der Waals surface area contributed by atoms with Crippen LogP contribution in [0.1, 0.15) is 0 Å². The van der Waals surface area contributed by atoms with E-state index in [0.717, 1.165) is 59.5 Å². The summed E-state index contributed by atoms with van der Waals surface area (Å²) < 4.78 is 12.7. The third-order valence-corrected chi connectivity index (χ3v) is 7.24. The van der Waals surface area contributed by atoms with Crippen molar-refractivity contribution in [1.29, 1.82) is 0 Å². The monoisotopic (exact) mass is 538 g/mol. The standard InChI is InChI=1S/C29H19BrN2O2S/c1-33-22-13-11-21(12-14-22)31-28-25(29-32-26(17-35-29)19-6-9-20(30)10-7-19)16-24-23-5-3-2-4-18(23)8-15-27(24)34-28/h2-17H,1H3. The molecule has 6 aromatic rings. The second kappa shape index (κ2) is 9.13. The second-order valence-electron chi connectivity index (χ2n) is 8.02. The van der Waals surface area contributed by atoms with E-state index in [0.29, 0.717) is 5.55 Å². The molecule has 4 nitrogen and oxygen atoms in total. The maximum absolute atomic E-state index is 6.41. The maximum atomic E-state index is 6.41. The van der Waals surface area contributed by atoms with E-state index in [4.69, 9.17) is 19.1 Å². The Labute approximate surface area is 214 Å². The summed E-state index contributed by atoms with van der Waals surface area (Å²) in [7, 11) is 1.65. The third-order valence-electron chi connectivity index (χ3n) is 5.83. The van der Waals surface area contributed by atoms with E-state index in [1.165, 1.54) is 0 Å². The highest BCUT2D eigenvalue weighted by Gasteiger charge is 2.14. The molecule has 0 unspecified atom stereocenters. The normalized spacial score (nSPS) is 11.9. The molecule has 170 valence electrons. The van der Waals surface area contributed by atoms with Crippen molar-refractivity contribution in [3.8, 4) is 27.6 Å². The molecule has 0 spiro atoms. The van der Waals surface area contributed by atoms with Crippen LogP contribution in [0.15, 0.2) is 110 Å². The Morgan fingerprint density at radius 1 is 0.886 bits per heavy atom. The fourth-order valence-electron chi connectivity index (χ4n) is 4.04. The molecule has 0 fully saturated rings. The predicted octanol–water partition coefficient (Wildman–Crippen LogP) is 8.38. The van der Waals surface area contributed by atoms with Crippen LogP contribution in [0.4, 0.5) is 5.69 Å². The Morgan fingerprint density at radius 3 is 2.49 bits per heavy atom. The zero-order valence-corrected chi connectivity index (χ0v) is 21.1. The molecule has 2 heterocycles. The molecular formula is C29H19BrN2O2S. The Kier molecular flexibility index (Phi) is 5.68. The molecule has 0 bridgehead atoms. The molecule has 0 radical (unpaired) electrons. The molecule has 0 saturated heterocycles. The Balaban J connectivity index is 1.58. The third kappa shape index (κ3) is 4.27. The van der Waals surface area contributed by atoms with Gasteiger partial charge < -0.3 is 9.15 Å². The molecule has 0 atom stereocenters. The van der Waals surface area contributed by atoms with Crippen molar-refractivity contribution in [2.75, 3.05) is 7.11 Å². The smallest absolute Gasteiger partial charge is 0.230 e. The predicted molar refractivity (Wildman–Crippen MR) is 146 cm³/mol. The van der Waals surface area contributed by atoms with Gasteiger partial charge in [-0.1, -0.05) is 58.4 Å². The van der Waals surface area contributed by atoms with Crippen LogP contribution in [0.5, 0.6) is 5.75 Å². The number of halogens is 1. The number of benzene rings is 4. The lowest BCUT2D eigenvalue weighted by Gasteiger charge is -2.06. The SMILES string of the molecule is COc1ccc(N=c2oc3ccc4ccccc4c3cc2-c2nc(-c3ccc(Br)cc3)cs2)cc1. The number of methoxy groups -OCH3 is 1. The van der Waals surface area contributed by atoms with Gasteiger partial charge in [0.25, 0.3) is 0 Å². The molecule has 0 amide bonds. The molecular weight excluding hydrogens is 520 g/mol. The number of thiazole rings is 1. The lowest BCUT2D eigenvalue weighted by Crippen LogP contribution is -2.05. The Bertz CT molecular complexity index is 1740. The first kappa shape index (κ1) is 21.8. The molecule has 6 rings (SSSR count). The van der Waals surface area contributed by atoms with Crippen molar-refractivity contribution in [2.45, 2.75) is 0 Å². The van der Waals surface area contributed by atoms with E-state index in [1.54, 1.807) is 18.4 Å². The summed E-state index contributed by atoms with van der Waals surface area (Å²) in [5.41, 5.74) is 4.93. The van der Waals surface area contributed by atoms with Crippen molar-refractivity contribution in [3.63, 3.8) is 0 Å². The molecule has 0 saturated carbocycles. The van der Waals surface area contributed by atoms with Crippen LogP contribution < -0.4 is 10.3 Å². The summed E-state index contributed by atoms with van der Waals surface area (Å²) in [6.45, 7) is 0. The van der Waals surface area contributed by atoms with Gasteiger partial charge in [-0.15, -0.1) is 11.3 Å². The van der Waals surface area contributed by atoms with Crippen LogP contribution in [-0.4, -0.2) is 12.1 Å². The number of fused-ring (bicyclic) bond motifs is 3. The lowest BCUT2D eigenvalue weighted by molar-refractivity contribution is 0.415. The molecule has 0 aliphatic rings. The fourth-order valence-corrected chi connectivity index (χ4v) is 5.14. The largest absolute Gasteiger partial charge is 0.497 e. The summed E-state index contributed by atoms with van der Waals surface area (Å²) in [6, 6.07) is 30.3. The van der Waals surface area contributed by atoms with Crippen LogP contribution >= 0.6 is 27.3 Å². The van der Waals surface area contributed by atoms with Gasteiger partial charge in [-0.25, -0.2) is 9.98 Å². The zero-order valence-electron chi connectivity index (χ0n) is 18.7. The number of aromatic nitrogens is 1. The van der Waals surface area contributed by atoms with Crippen LogP contribution in [0.2, 0.25) is 0 Å². The summed E-state index contributed by atoms with van der Waals surface area (Å²) in [5, 5.41) is 6.26. The first-order valence-corrected chi connectivity index (χ1v) is 12.7. The van der Waals surface area contributed by atoms with Crippen LogP contribution in [0.3, 0.4) is 0 Å².